The summed E-state index contributed by atoms with van der Waals surface area (Å²) in [5, 5.41) is 1.96. The van der Waals surface area contributed by atoms with Crippen molar-refractivity contribution in [3.8, 4) is 5.75 Å². The first kappa shape index (κ1) is 17.5. The molecule has 0 aliphatic carbocycles. The zero-order chi connectivity index (χ0) is 18.1. The van der Waals surface area contributed by atoms with Gasteiger partial charge in [-0.15, -0.1) is 0 Å². The Labute approximate surface area is 165 Å². The molecule has 0 aromatic heterocycles. The van der Waals surface area contributed by atoms with Gasteiger partial charge in [0.2, 0.25) is 0 Å². The summed E-state index contributed by atoms with van der Waals surface area (Å²) in [5.41, 5.74) is 2.36. The van der Waals surface area contributed by atoms with Crippen LogP contribution in [0.2, 0.25) is 10.0 Å². The van der Waals surface area contributed by atoms with E-state index in [1.165, 1.54) is 0 Å². The molecule has 0 N–H and O–H groups in total. The summed E-state index contributed by atoms with van der Waals surface area (Å²) in [7, 11) is 0. The average molecular weight is 405 g/mol. The van der Waals surface area contributed by atoms with Crippen LogP contribution in [0, 0.1) is 0 Å². The molecule has 2 aliphatic heterocycles. The molecule has 0 atom stereocenters. The van der Waals surface area contributed by atoms with Crippen molar-refractivity contribution in [2.45, 2.75) is 6.61 Å². The number of aliphatic imine (C=N–C) groups is 1. The number of hydrogen-bond acceptors (Lipinski definition) is 4. The Hall–Kier alpha value is -1.95. The molecule has 4 nitrogen and oxygen atoms in total. The van der Waals surface area contributed by atoms with Crippen LogP contribution in [0.1, 0.15) is 11.1 Å². The lowest BCUT2D eigenvalue weighted by Gasteiger charge is -2.12. The zero-order valence-electron chi connectivity index (χ0n) is 13.6. The minimum Gasteiger partial charge on any atom is -0.489 e. The second-order valence-corrected chi connectivity index (χ2v) is 7.73. The van der Waals surface area contributed by atoms with Gasteiger partial charge < -0.3 is 9.64 Å². The third kappa shape index (κ3) is 3.61. The molecular weight excluding hydrogens is 391 g/mol. The molecule has 2 aliphatic rings. The predicted octanol–water partition coefficient (Wildman–Crippen LogP) is 4.86. The van der Waals surface area contributed by atoms with E-state index in [-0.39, 0.29) is 5.91 Å². The molecule has 2 heterocycles. The molecule has 132 valence electrons. The van der Waals surface area contributed by atoms with Crippen molar-refractivity contribution in [1.82, 2.24) is 4.90 Å². The van der Waals surface area contributed by atoms with Crippen LogP contribution in [0.15, 0.2) is 53.2 Å². The minimum atomic E-state index is -0.188. The molecule has 1 amide bonds. The van der Waals surface area contributed by atoms with Gasteiger partial charge in [0.25, 0.3) is 5.91 Å². The van der Waals surface area contributed by atoms with Crippen LogP contribution in [0.25, 0.3) is 6.08 Å². The summed E-state index contributed by atoms with van der Waals surface area (Å²) in [4.78, 5) is 18.1. The Bertz CT molecular complexity index is 943. The van der Waals surface area contributed by atoms with Gasteiger partial charge in [-0.2, -0.15) is 4.99 Å². The molecule has 0 bridgehead atoms. The number of benzene rings is 2. The molecule has 1 saturated heterocycles. The summed E-state index contributed by atoms with van der Waals surface area (Å²) >= 11 is 13.7. The normalized spacial score (nSPS) is 17.6. The monoisotopic (exact) mass is 404 g/mol. The van der Waals surface area contributed by atoms with Crippen LogP contribution in [-0.2, 0) is 11.4 Å². The topological polar surface area (TPSA) is 41.9 Å². The Morgan fingerprint density at radius 3 is 2.96 bits per heavy atom. The van der Waals surface area contributed by atoms with Crippen LogP contribution in [0.5, 0.6) is 5.75 Å². The summed E-state index contributed by atoms with van der Waals surface area (Å²) in [6.45, 7) is 1.15. The van der Waals surface area contributed by atoms with Gasteiger partial charge in [-0.25, -0.2) is 0 Å². The third-order valence-corrected chi connectivity index (χ3v) is 5.60. The van der Waals surface area contributed by atoms with Gasteiger partial charge in [0, 0.05) is 27.9 Å². The summed E-state index contributed by atoms with van der Waals surface area (Å²) in [5.74, 6) is 1.47. The lowest BCUT2D eigenvalue weighted by atomic mass is 10.1. The molecule has 4 rings (SSSR count). The van der Waals surface area contributed by atoms with Gasteiger partial charge in [-0.3, -0.25) is 4.79 Å². The number of amidine groups is 1. The van der Waals surface area contributed by atoms with E-state index in [0.29, 0.717) is 28.1 Å². The van der Waals surface area contributed by atoms with Crippen molar-refractivity contribution in [3.05, 3.63) is 69.3 Å². The number of nitrogens with zero attached hydrogens (tertiary/aromatic N) is 2. The highest BCUT2D eigenvalue weighted by atomic mass is 35.5. The highest BCUT2D eigenvalue weighted by Crippen LogP contribution is 2.30. The molecule has 7 heteroatoms. The Morgan fingerprint density at radius 1 is 1.23 bits per heavy atom. The van der Waals surface area contributed by atoms with Crippen molar-refractivity contribution >= 4 is 52.1 Å². The van der Waals surface area contributed by atoms with Crippen molar-refractivity contribution in [2.24, 2.45) is 4.99 Å². The van der Waals surface area contributed by atoms with Crippen molar-refractivity contribution in [2.75, 3.05) is 12.3 Å². The van der Waals surface area contributed by atoms with Gasteiger partial charge in [-0.1, -0.05) is 53.2 Å². The zero-order valence-corrected chi connectivity index (χ0v) is 15.9. The summed E-state index contributed by atoms with van der Waals surface area (Å²) in [6.07, 6.45) is 1.85. The van der Waals surface area contributed by atoms with E-state index in [4.69, 9.17) is 27.9 Å². The second-order valence-electron chi connectivity index (χ2n) is 5.83. The maximum Gasteiger partial charge on any atom is 0.296 e. The van der Waals surface area contributed by atoms with Crippen LogP contribution in [0.4, 0.5) is 0 Å². The summed E-state index contributed by atoms with van der Waals surface area (Å²) in [6, 6.07) is 12.9. The standard InChI is InChI=1S/C19H14Cl2N2O2S/c20-14-5-4-13(16(21)10-14)11-25-15-3-1-2-12(8-15)9-17-18(24)22-19-23(17)6-7-26-19/h1-5,8-10H,6-7,11H2/b17-9-. The molecule has 0 saturated carbocycles. The first-order chi connectivity index (χ1) is 12.6. The van der Waals surface area contributed by atoms with Crippen molar-refractivity contribution in [3.63, 3.8) is 0 Å². The molecular formula is C19H14Cl2N2O2S. The first-order valence-electron chi connectivity index (χ1n) is 8.02. The van der Waals surface area contributed by atoms with Crippen molar-refractivity contribution < 1.29 is 9.53 Å². The lowest BCUT2D eigenvalue weighted by molar-refractivity contribution is -0.114. The lowest BCUT2D eigenvalue weighted by Crippen LogP contribution is -2.20. The Morgan fingerprint density at radius 2 is 2.12 bits per heavy atom. The minimum absolute atomic E-state index is 0.188. The van der Waals surface area contributed by atoms with E-state index in [9.17, 15) is 4.79 Å². The maximum absolute atomic E-state index is 12.1. The van der Waals surface area contributed by atoms with Crippen molar-refractivity contribution in [1.29, 1.82) is 0 Å². The van der Waals surface area contributed by atoms with Gasteiger partial charge in [-0.05, 0) is 35.9 Å². The fourth-order valence-corrected chi connectivity index (χ4v) is 4.18. The van der Waals surface area contributed by atoms with Gasteiger partial charge in [0.05, 0.1) is 0 Å². The number of fused-ring (bicyclic) bond motifs is 1. The van der Waals surface area contributed by atoms with E-state index in [1.807, 2.05) is 41.3 Å². The Kier molecular flexibility index (Phi) is 4.94. The third-order valence-electron chi connectivity index (χ3n) is 4.05. The van der Waals surface area contributed by atoms with E-state index in [1.54, 1.807) is 23.9 Å². The number of thioether (sulfide) groups is 1. The fourth-order valence-electron chi connectivity index (χ4n) is 2.77. The first-order valence-corrected chi connectivity index (χ1v) is 9.76. The quantitative estimate of drug-likeness (QED) is 0.682. The summed E-state index contributed by atoms with van der Waals surface area (Å²) < 4.78 is 5.84. The highest BCUT2D eigenvalue weighted by Gasteiger charge is 2.33. The molecule has 2 aromatic rings. The van der Waals surface area contributed by atoms with Crippen LogP contribution in [-0.4, -0.2) is 28.3 Å². The number of carbonyl (C=O) groups is 1. The average Bonchev–Trinajstić information content (AvgIpc) is 3.17. The number of carbonyl (C=O) groups excluding carboxylic acids is 1. The molecule has 1 fully saturated rings. The van der Waals surface area contributed by atoms with Gasteiger partial charge in [0.1, 0.15) is 18.1 Å². The molecule has 0 spiro atoms. The highest BCUT2D eigenvalue weighted by molar-refractivity contribution is 8.14. The van der Waals surface area contributed by atoms with E-state index < -0.39 is 0 Å². The Balaban J connectivity index is 1.50. The number of ether oxygens (including phenoxy) is 1. The number of amides is 1. The predicted molar refractivity (Wildman–Crippen MR) is 107 cm³/mol. The largest absolute Gasteiger partial charge is 0.489 e. The van der Waals surface area contributed by atoms with E-state index >= 15 is 0 Å². The molecule has 0 radical (unpaired) electrons. The number of hydrogen-bond donors (Lipinski definition) is 0. The maximum atomic E-state index is 12.1. The van der Waals surface area contributed by atoms with Gasteiger partial charge in [0.15, 0.2) is 5.17 Å². The smallest absolute Gasteiger partial charge is 0.296 e. The van der Waals surface area contributed by atoms with Crippen LogP contribution >= 0.6 is 35.0 Å². The van der Waals surface area contributed by atoms with E-state index in [0.717, 1.165) is 28.6 Å². The van der Waals surface area contributed by atoms with Crippen LogP contribution in [0.3, 0.4) is 0 Å². The SMILES string of the molecule is O=C1N=C2SCCN2/C1=C\c1cccc(OCc2ccc(Cl)cc2Cl)c1. The van der Waals surface area contributed by atoms with E-state index in [2.05, 4.69) is 4.99 Å². The van der Waals surface area contributed by atoms with Gasteiger partial charge >= 0.3 is 0 Å². The second kappa shape index (κ2) is 7.35. The number of halogens is 2. The molecule has 0 unspecified atom stereocenters. The van der Waals surface area contributed by atoms with Crippen LogP contribution < -0.4 is 4.74 Å². The fraction of sp³-hybridized carbons (Fsp3) is 0.158. The number of rotatable bonds is 4. The molecule has 26 heavy (non-hydrogen) atoms. The molecule has 2 aromatic carbocycles.